The lowest BCUT2D eigenvalue weighted by atomic mass is 10.1. The lowest BCUT2D eigenvalue weighted by molar-refractivity contribution is -0.0349. The van der Waals surface area contributed by atoms with Gasteiger partial charge in [0.05, 0.1) is 26.5 Å². The summed E-state index contributed by atoms with van der Waals surface area (Å²) in [7, 11) is 3.32. The Morgan fingerprint density at radius 2 is 1.85 bits per heavy atom. The van der Waals surface area contributed by atoms with Crippen LogP contribution in [0.2, 0.25) is 0 Å². The van der Waals surface area contributed by atoms with Gasteiger partial charge in [0.1, 0.15) is 6.10 Å². The average Bonchev–Trinajstić information content (AvgIpc) is 2.73. The largest absolute Gasteiger partial charge is 0.493 e. The second kappa shape index (κ2) is 7.94. The van der Waals surface area contributed by atoms with Crippen molar-refractivity contribution < 1.29 is 14.2 Å². The second-order valence-corrected chi connectivity index (χ2v) is 6.74. The Morgan fingerprint density at radius 3 is 2.67 bits per heavy atom. The molecular weight excluding hydrogens is 340 g/mol. The number of morpholine rings is 1. The number of pyridine rings is 1. The van der Waals surface area contributed by atoms with E-state index in [4.69, 9.17) is 14.2 Å². The third-order valence-corrected chi connectivity index (χ3v) is 4.99. The van der Waals surface area contributed by atoms with E-state index in [0.717, 1.165) is 42.2 Å². The van der Waals surface area contributed by atoms with E-state index in [1.165, 1.54) is 10.9 Å². The summed E-state index contributed by atoms with van der Waals surface area (Å²) in [6, 6.07) is 16.5. The van der Waals surface area contributed by atoms with E-state index in [-0.39, 0.29) is 6.10 Å². The summed E-state index contributed by atoms with van der Waals surface area (Å²) >= 11 is 0. The molecule has 140 valence electrons. The van der Waals surface area contributed by atoms with E-state index in [0.29, 0.717) is 6.61 Å². The van der Waals surface area contributed by atoms with E-state index < -0.39 is 0 Å². The summed E-state index contributed by atoms with van der Waals surface area (Å²) in [6.07, 6.45) is 1.92. The molecule has 1 saturated heterocycles. The molecular formula is C22H24N2O3. The lowest BCUT2D eigenvalue weighted by Crippen LogP contribution is -2.38. The van der Waals surface area contributed by atoms with Gasteiger partial charge in [-0.1, -0.05) is 30.3 Å². The van der Waals surface area contributed by atoms with Crippen molar-refractivity contribution in [3.05, 3.63) is 66.0 Å². The average molecular weight is 364 g/mol. The standard InChI is InChI=1S/C22H24N2O3/c1-25-20-8-7-16(11-21(20)26-2)14-24-9-10-27-22(15-24)19-12-17-5-3-4-6-18(17)13-23-19/h3-8,11-13,22H,9-10,14-15H2,1-2H3. The Morgan fingerprint density at radius 1 is 1.04 bits per heavy atom. The quantitative estimate of drug-likeness (QED) is 0.688. The van der Waals surface area contributed by atoms with Crippen molar-refractivity contribution in [2.75, 3.05) is 33.9 Å². The number of hydrogen-bond donors (Lipinski definition) is 0. The first-order valence-corrected chi connectivity index (χ1v) is 9.16. The minimum absolute atomic E-state index is 0.0106. The van der Waals surface area contributed by atoms with Gasteiger partial charge in [0.2, 0.25) is 0 Å². The molecule has 1 unspecified atom stereocenters. The number of ether oxygens (including phenoxy) is 3. The topological polar surface area (TPSA) is 43.8 Å². The molecule has 1 atom stereocenters. The maximum atomic E-state index is 6.01. The summed E-state index contributed by atoms with van der Waals surface area (Å²) in [5.74, 6) is 1.51. The van der Waals surface area contributed by atoms with Crippen molar-refractivity contribution in [2.45, 2.75) is 12.6 Å². The Hall–Kier alpha value is -2.63. The van der Waals surface area contributed by atoms with Gasteiger partial charge in [0.25, 0.3) is 0 Å². The maximum Gasteiger partial charge on any atom is 0.161 e. The van der Waals surface area contributed by atoms with Crippen LogP contribution in [0.3, 0.4) is 0 Å². The number of methoxy groups -OCH3 is 2. The van der Waals surface area contributed by atoms with Crippen LogP contribution in [0.1, 0.15) is 17.4 Å². The molecule has 1 fully saturated rings. The van der Waals surface area contributed by atoms with Gasteiger partial charge in [-0.2, -0.15) is 0 Å². The van der Waals surface area contributed by atoms with Crippen LogP contribution in [0, 0.1) is 0 Å². The predicted molar refractivity (Wildman–Crippen MR) is 105 cm³/mol. The fourth-order valence-corrected chi connectivity index (χ4v) is 3.54. The SMILES string of the molecule is COc1ccc(CN2CCOC(c3cc4ccccc4cn3)C2)cc1OC. The minimum atomic E-state index is -0.0106. The van der Waals surface area contributed by atoms with Gasteiger partial charge in [-0.05, 0) is 29.1 Å². The molecule has 1 aliphatic heterocycles. The van der Waals surface area contributed by atoms with E-state index in [1.807, 2.05) is 24.4 Å². The molecule has 0 aliphatic carbocycles. The van der Waals surface area contributed by atoms with Crippen LogP contribution in [0.15, 0.2) is 54.7 Å². The highest BCUT2D eigenvalue weighted by atomic mass is 16.5. The number of benzene rings is 2. The molecule has 27 heavy (non-hydrogen) atoms. The molecule has 0 saturated carbocycles. The van der Waals surface area contributed by atoms with E-state index in [1.54, 1.807) is 14.2 Å². The van der Waals surface area contributed by atoms with Gasteiger partial charge >= 0.3 is 0 Å². The van der Waals surface area contributed by atoms with Crippen molar-refractivity contribution in [1.82, 2.24) is 9.88 Å². The summed E-state index contributed by atoms with van der Waals surface area (Å²) < 4.78 is 16.8. The molecule has 0 spiro atoms. The predicted octanol–water partition coefficient (Wildman–Crippen LogP) is 3.83. The van der Waals surface area contributed by atoms with Crippen molar-refractivity contribution in [3.8, 4) is 11.5 Å². The highest BCUT2D eigenvalue weighted by Gasteiger charge is 2.23. The van der Waals surface area contributed by atoms with E-state index in [9.17, 15) is 0 Å². The number of aromatic nitrogens is 1. The Bertz CT molecular complexity index is 928. The number of nitrogens with zero attached hydrogens (tertiary/aromatic N) is 2. The van der Waals surface area contributed by atoms with Gasteiger partial charge in [-0.15, -0.1) is 0 Å². The van der Waals surface area contributed by atoms with Crippen molar-refractivity contribution in [1.29, 1.82) is 0 Å². The molecule has 5 nitrogen and oxygen atoms in total. The molecule has 2 aromatic carbocycles. The fraction of sp³-hybridized carbons (Fsp3) is 0.318. The fourth-order valence-electron chi connectivity index (χ4n) is 3.54. The van der Waals surface area contributed by atoms with E-state index >= 15 is 0 Å². The smallest absolute Gasteiger partial charge is 0.161 e. The Kier molecular flexibility index (Phi) is 5.23. The van der Waals surface area contributed by atoms with Gasteiger partial charge in [0, 0.05) is 31.2 Å². The number of rotatable bonds is 5. The molecule has 5 heteroatoms. The van der Waals surface area contributed by atoms with Crippen LogP contribution in [0.5, 0.6) is 11.5 Å². The molecule has 1 aliphatic rings. The molecule has 4 rings (SSSR count). The van der Waals surface area contributed by atoms with Crippen LogP contribution in [0.4, 0.5) is 0 Å². The van der Waals surface area contributed by atoms with Crippen LogP contribution in [0.25, 0.3) is 10.8 Å². The zero-order valence-corrected chi connectivity index (χ0v) is 15.7. The van der Waals surface area contributed by atoms with Crippen molar-refractivity contribution in [2.24, 2.45) is 0 Å². The molecule has 1 aromatic heterocycles. The summed E-state index contributed by atoms with van der Waals surface area (Å²) in [5, 5.41) is 2.35. The van der Waals surface area contributed by atoms with Gasteiger partial charge < -0.3 is 14.2 Å². The van der Waals surface area contributed by atoms with Crippen LogP contribution >= 0.6 is 0 Å². The maximum absolute atomic E-state index is 6.01. The van der Waals surface area contributed by atoms with Crippen LogP contribution < -0.4 is 9.47 Å². The molecule has 0 radical (unpaired) electrons. The highest BCUT2D eigenvalue weighted by Crippen LogP contribution is 2.29. The van der Waals surface area contributed by atoms with Gasteiger partial charge in [-0.3, -0.25) is 9.88 Å². The molecule has 0 amide bonds. The summed E-state index contributed by atoms with van der Waals surface area (Å²) in [5.41, 5.74) is 2.19. The van der Waals surface area contributed by atoms with Crippen molar-refractivity contribution >= 4 is 10.8 Å². The Labute approximate surface area is 159 Å². The first-order chi connectivity index (χ1) is 13.3. The monoisotopic (exact) mass is 364 g/mol. The molecule has 3 aromatic rings. The van der Waals surface area contributed by atoms with Gasteiger partial charge in [0.15, 0.2) is 11.5 Å². The summed E-state index contributed by atoms with van der Waals surface area (Å²) in [6.45, 7) is 3.26. The lowest BCUT2D eigenvalue weighted by Gasteiger charge is -2.32. The zero-order valence-electron chi connectivity index (χ0n) is 15.7. The van der Waals surface area contributed by atoms with E-state index in [2.05, 4.69) is 40.2 Å². The summed E-state index contributed by atoms with van der Waals surface area (Å²) in [4.78, 5) is 7.03. The molecule has 2 heterocycles. The number of hydrogen-bond acceptors (Lipinski definition) is 5. The van der Waals surface area contributed by atoms with Crippen LogP contribution in [-0.2, 0) is 11.3 Å². The molecule has 0 bridgehead atoms. The zero-order chi connectivity index (χ0) is 18.6. The first kappa shape index (κ1) is 17.8. The highest BCUT2D eigenvalue weighted by molar-refractivity contribution is 5.81. The third kappa shape index (κ3) is 3.89. The first-order valence-electron chi connectivity index (χ1n) is 9.16. The van der Waals surface area contributed by atoms with Gasteiger partial charge in [-0.25, -0.2) is 0 Å². The minimum Gasteiger partial charge on any atom is -0.493 e. The second-order valence-electron chi connectivity index (χ2n) is 6.74. The number of fused-ring (bicyclic) bond motifs is 1. The van der Waals surface area contributed by atoms with Crippen LogP contribution in [-0.4, -0.2) is 43.8 Å². The molecule has 0 N–H and O–H groups in total. The van der Waals surface area contributed by atoms with Crippen molar-refractivity contribution in [3.63, 3.8) is 0 Å². The normalized spacial score (nSPS) is 17.8. The third-order valence-electron chi connectivity index (χ3n) is 4.99. The Balaban J connectivity index is 1.49.